The SMILES string of the molecule is CS(=O)(=O)O[C@@H](COCc1ccc([N+](=O)[O-])cc1)[C@H](CSc1ccccc1)NC(=O)OCc1ccccc1. The van der Waals surface area contributed by atoms with Crippen LogP contribution in [0.1, 0.15) is 11.1 Å². The van der Waals surface area contributed by atoms with Crippen LogP contribution in [0, 0.1) is 10.1 Å². The molecule has 0 spiro atoms. The predicted molar refractivity (Wildman–Crippen MR) is 143 cm³/mol. The lowest BCUT2D eigenvalue weighted by Crippen LogP contribution is -2.49. The van der Waals surface area contributed by atoms with Gasteiger partial charge in [-0.05, 0) is 35.4 Å². The summed E-state index contributed by atoms with van der Waals surface area (Å²) in [6.45, 7) is -0.0822. The van der Waals surface area contributed by atoms with Gasteiger partial charge in [-0.1, -0.05) is 48.5 Å². The molecule has 0 saturated heterocycles. The van der Waals surface area contributed by atoms with E-state index in [0.717, 1.165) is 16.7 Å². The Kier molecular flexibility index (Phi) is 11.1. The number of nitro benzene ring substituents is 1. The van der Waals surface area contributed by atoms with E-state index in [1.54, 1.807) is 12.1 Å². The van der Waals surface area contributed by atoms with Crippen molar-refractivity contribution < 1.29 is 31.8 Å². The zero-order valence-corrected chi connectivity index (χ0v) is 22.2. The normalized spacial score (nSPS) is 12.9. The third kappa shape index (κ3) is 10.5. The molecule has 202 valence electrons. The Morgan fingerprint density at radius 3 is 2.16 bits per heavy atom. The standard InChI is InChI=1S/C26H28N2O8S2/c1-38(32,33)36-25(18-34-16-21-12-14-22(15-13-21)28(30)31)24(19-37-23-10-6-3-7-11-23)27-26(29)35-17-20-8-4-2-5-9-20/h2-15,24-25H,16-19H2,1H3,(H,27,29)/t24-,25-/m0/s1. The van der Waals surface area contributed by atoms with Gasteiger partial charge in [0, 0.05) is 22.8 Å². The molecule has 0 fully saturated rings. The van der Waals surface area contributed by atoms with E-state index >= 15 is 0 Å². The summed E-state index contributed by atoms with van der Waals surface area (Å²) >= 11 is 1.41. The molecule has 38 heavy (non-hydrogen) atoms. The fourth-order valence-corrected chi connectivity index (χ4v) is 4.96. The van der Waals surface area contributed by atoms with E-state index in [4.69, 9.17) is 13.7 Å². The lowest BCUT2D eigenvalue weighted by atomic mass is 10.2. The number of non-ortho nitro benzene ring substituents is 1. The smallest absolute Gasteiger partial charge is 0.407 e. The number of ether oxygens (including phenoxy) is 2. The molecule has 3 aromatic carbocycles. The average Bonchev–Trinajstić information content (AvgIpc) is 2.90. The van der Waals surface area contributed by atoms with Crippen LogP contribution in [0.2, 0.25) is 0 Å². The highest BCUT2D eigenvalue weighted by atomic mass is 32.2. The summed E-state index contributed by atoms with van der Waals surface area (Å²) in [7, 11) is -3.91. The fraction of sp³-hybridized carbons (Fsp3) is 0.269. The van der Waals surface area contributed by atoms with E-state index in [0.29, 0.717) is 5.56 Å². The highest BCUT2D eigenvalue weighted by molar-refractivity contribution is 7.99. The number of carbonyl (C=O) groups is 1. The molecule has 0 heterocycles. The number of alkyl carbamates (subject to hydrolysis) is 1. The number of rotatable bonds is 14. The van der Waals surface area contributed by atoms with Crippen LogP contribution in [0.15, 0.2) is 89.8 Å². The number of nitro groups is 1. The zero-order valence-electron chi connectivity index (χ0n) is 20.6. The van der Waals surface area contributed by atoms with Gasteiger partial charge in [-0.25, -0.2) is 4.79 Å². The second-order valence-corrected chi connectivity index (χ2v) is 10.9. The minimum atomic E-state index is -3.91. The van der Waals surface area contributed by atoms with Crippen molar-refractivity contribution in [3.05, 3.63) is 106 Å². The molecule has 12 heteroatoms. The van der Waals surface area contributed by atoms with Crippen LogP contribution in [-0.4, -0.2) is 50.2 Å². The second-order valence-electron chi connectivity index (χ2n) is 8.21. The molecule has 0 aliphatic heterocycles. The summed E-state index contributed by atoms with van der Waals surface area (Å²) in [5.41, 5.74) is 1.40. The van der Waals surface area contributed by atoms with Crippen LogP contribution in [0.5, 0.6) is 0 Å². The van der Waals surface area contributed by atoms with Gasteiger partial charge in [0.25, 0.3) is 15.8 Å². The summed E-state index contributed by atoms with van der Waals surface area (Å²) in [5.74, 6) is 0.269. The van der Waals surface area contributed by atoms with Gasteiger partial charge in [-0.2, -0.15) is 8.42 Å². The summed E-state index contributed by atoms with van der Waals surface area (Å²) < 4.78 is 40.5. The van der Waals surface area contributed by atoms with Crippen molar-refractivity contribution in [3.8, 4) is 0 Å². The van der Waals surface area contributed by atoms with Gasteiger partial charge in [-0.3, -0.25) is 14.3 Å². The molecular formula is C26H28N2O8S2. The molecule has 0 saturated carbocycles. The van der Waals surface area contributed by atoms with E-state index in [2.05, 4.69) is 5.32 Å². The highest BCUT2D eigenvalue weighted by Crippen LogP contribution is 2.21. The monoisotopic (exact) mass is 560 g/mol. The maximum Gasteiger partial charge on any atom is 0.407 e. The minimum Gasteiger partial charge on any atom is -0.445 e. The van der Waals surface area contributed by atoms with E-state index in [1.165, 1.54) is 23.9 Å². The van der Waals surface area contributed by atoms with Gasteiger partial charge < -0.3 is 14.8 Å². The van der Waals surface area contributed by atoms with Crippen molar-refractivity contribution in [3.63, 3.8) is 0 Å². The van der Waals surface area contributed by atoms with Crippen molar-refractivity contribution in [1.82, 2.24) is 5.32 Å². The highest BCUT2D eigenvalue weighted by Gasteiger charge is 2.29. The molecule has 0 radical (unpaired) electrons. The summed E-state index contributed by atoms with van der Waals surface area (Å²) in [5, 5.41) is 13.6. The first-order valence-electron chi connectivity index (χ1n) is 11.5. The third-order valence-electron chi connectivity index (χ3n) is 5.13. The van der Waals surface area contributed by atoms with E-state index in [-0.39, 0.29) is 31.3 Å². The Hall–Kier alpha value is -3.45. The molecule has 1 N–H and O–H groups in total. The first kappa shape index (κ1) is 29.1. The van der Waals surface area contributed by atoms with Crippen molar-refractivity contribution in [2.75, 3.05) is 18.6 Å². The number of carbonyl (C=O) groups excluding carboxylic acids is 1. The lowest BCUT2D eigenvalue weighted by molar-refractivity contribution is -0.384. The Morgan fingerprint density at radius 2 is 1.55 bits per heavy atom. The first-order valence-corrected chi connectivity index (χ1v) is 14.3. The van der Waals surface area contributed by atoms with Gasteiger partial charge in [0.15, 0.2) is 0 Å². The van der Waals surface area contributed by atoms with Gasteiger partial charge in [0.2, 0.25) is 0 Å². The van der Waals surface area contributed by atoms with Gasteiger partial charge in [0.05, 0.1) is 30.4 Å². The minimum absolute atomic E-state index is 0.0411. The Balaban J connectivity index is 1.70. The molecular weight excluding hydrogens is 532 g/mol. The molecule has 1 amide bonds. The number of nitrogens with one attached hydrogen (secondary N) is 1. The van der Waals surface area contributed by atoms with Crippen LogP contribution >= 0.6 is 11.8 Å². The van der Waals surface area contributed by atoms with E-state index in [1.807, 2.05) is 60.7 Å². The second kappa shape index (κ2) is 14.5. The van der Waals surface area contributed by atoms with Gasteiger partial charge in [0.1, 0.15) is 12.7 Å². The zero-order chi connectivity index (χ0) is 27.4. The Morgan fingerprint density at radius 1 is 0.947 bits per heavy atom. The maximum atomic E-state index is 12.6. The van der Waals surface area contributed by atoms with Crippen molar-refractivity contribution in [2.24, 2.45) is 0 Å². The quantitative estimate of drug-likeness (QED) is 0.130. The Bertz CT molecular complexity index is 1270. The van der Waals surface area contributed by atoms with Crippen LogP contribution in [0.4, 0.5) is 10.5 Å². The number of hydrogen-bond donors (Lipinski definition) is 1. The molecule has 0 aliphatic rings. The molecule has 0 unspecified atom stereocenters. The summed E-state index contributed by atoms with van der Waals surface area (Å²) in [4.78, 5) is 23.9. The van der Waals surface area contributed by atoms with Crippen molar-refractivity contribution in [2.45, 2.75) is 30.3 Å². The van der Waals surface area contributed by atoms with E-state index in [9.17, 15) is 23.3 Å². The number of amides is 1. The third-order valence-corrected chi connectivity index (χ3v) is 6.86. The molecule has 0 bridgehead atoms. The van der Waals surface area contributed by atoms with Crippen molar-refractivity contribution in [1.29, 1.82) is 0 Å². The number of hydrogen-bond acceptors (Lipinski definition) is 9. The fourth-order valence-electron chi connectivity index (χ4n) is 3.30. The molecule has 0 aromatic heterocycles. The number of thioether (sulfide) groups is 1. The molecule has 0 aliphatic carbocycles. The van der Waals surface area contributed by atoms with Gasteiger partial charge >= 0.3 is 6.09 Å². The first-order chi connectivity index (χ1) is 18.2. The largest absolute Gasteiger partial charge is 0.445 e. The number of nitrogens with zero attached hydrogens (tertiary/aromatic N) is 1. The topological polar surface area (TPSA) is 134 Å². The molecule has 3 rings (SSSR count). The van der Waals surface area contributed by atoms with E-state index < -0.39 is 33.3 Å². The molecule has 3 aromatic rings. The molecule has 10 nitrogen and oxygen atoms in total. The molecule has 2 atom stereocenters. The number of benzene rings is 3. The van der Waals surface area contributed by atoms with Gasteiger partial charge in [-0.15, -0.1) is 11.8 Å². The average molecular weight is 561 g/mol. The lowest BCUT2D eigenvalue weighted by Gasteiger charge is -2.27. The summed E-state index contributed by atoms with van der Waals surface area (Å²) in [6.07, 6.45) is -0.876. The summed E-state index contributed by atoms with van der Waals surface area (Å²) in [6, 6.07) is 23.6. The predicted octanol–water partition coefficient (Wildman–Crippen LogP) is 4.54. The van der Waals surface area contributed by atoms with Crippen LogP contribution in [0.25, 0.3) is 0 Å². The maximum absolute atomic E-state index is 12.6. The van der Waals surface area contributed by atoms with Crippen LogP contribution < -0.4 is 5.32 Å². The Labute approximate surface area is 225 Å². The van der Waals surface area contributed by atoms with Crippen LogP contribution in [0.3, 0.4) is 0 Å². The van der Waals surface area contributed by atoms with Crippen molar-refractivity contribution >= 4 is 33.7 Å². The van der Waals surface area contributed by atoms with Crippen LogP contribution in [-0.2, 0) is 37.0 Å².